The van der Waals surface area contributed by atoms with Gasteiger partial charge in [-0.25, -0.2) is 0 Å². The fourth-order valence-electron chi connectivity index (χ4n) is 2.81. The molecular formula is C16H20N4O3. The molecule has 1 saturated heterocycles. The van der Waals surface area contributed by atoms with Gasteiger partial charge in [-0.1, -0.05) is 5.16 Å². The average molecular weight is 316 g/mol. The number of aromatic amines is 1. The van der Waals surface area contributed by atoms with Crippen molar-refractivity contribution in [1.29, 1.82) is 0 Å². The van der Waals surface area contributed by atoms with Crippen LogP contribution in [-0.4, -0.2) is 57.9 Å². The van der Waals surface area contributed by atoms with E-state index in [9.17, 15) is 9.59 Å². The number of carbonyl (C=O) groups is 2. The summed E-state index contributed by atoms with van der Waals surface area (Å²) in [5, 5.41) is 3.88. The zero-order valence-corrected chi connectivity index (χ0v) is 13.3. The first-order chi connectivity index (χ1) is 11.1. The van der Waals surface area contributed by atoms with Gasteiger partial charge >= 0.3 is 0 Å². The Labute approximate surface area is 134 Å². The highest BCUT2D eigenvalue weighted by atomic mass is 16.5. The molecule has 7 heteroatoms. The second-order valence-corrected chi connectivity index (χ2v) is 5.74. The highest BCUT2D eigenvalue weighted by Crippen LogP contribution is 2.15. The molecule has 122 valence electrons. The largest absolute Gasteiger partial charge is 0.361 e. The number of hydrogen-bond acceptors (Lipinski definition) is 4. The quantitative estimate of drug-likeness (QED) is 0.921. The first-order valence-corrected chi connectivity index (χ1v) is 7.68. The molecule has 2 aromatic rings. The minimum Gasteiger partial charge on any atom is -0.361 e. The van der Waals surface area contributed by atoms with Crippen molar-refractivity contribution >= 4 is 11.8 Å². The van der Waals surface area contributed by atoms with Crippen molar-refractivity contribution in [3.63, 3.8) is 0 Å². The van der Waals surface area contributed by atoms with E-state index >= 15 is 0 Å². The summed E-state index contributed by atoms with van der Waals surface area (Å²) in [5.74, 6) is 0.718. The van der Waals surface area contributed by atoms with Gasteiger partial charge in [0.2, 0.25) is 5.91 Å². The normalized spacial score (nSPS) is 15.0. The van der Waals surface area contributed by atoms with Gasteiger partial charge in [-0.05, 0) is 26.0 Å². The molecule has 0 spiro atoms. The van der Waals surface area contributed by atoms with Crippen LogP contribution >= 0.6 is 0 Å². The number of carbonyl (C=O) groups excluding carboxylic acids is 2. The molecule has 1 aliphatic heterocycles. The van der Waals surface area contributed by atoms with Crippen LogP contribution in [0.4, 0.5) is 0 Å². The first kappa shape index (κ1) is 15.3. The lowest BCUT2D eigenvalue weighted by Crippen LogP contribution is -2.51. The Balaban J connectivity index is 1.56. The minimum absolute atomic E-state index is 0.0205. The molecule has 0 unspecified atom stereocenters. The number of amides is 2. The third kappa shape index (κ3) is 3.13. The van der Waals surface area contributed by atoms with Gasteiger partial charge in [-0.15, -0.1) is 0 Å². The standard InChI is InChI=1S/C16H20N4O3/c1-11-13(12(2)23-18-11)10-15(21)19-6-8-20(9-7-19)16(22)14-4-3-5-17-14/h3-5,17H,6-10H2,1-2H3. The molecule has 1 aliphatic rings. The summed E-state index contributed by atoms with van der Waals surface area (Å²) in [7, 11) is 0. The Bertz CT molecular complexity index is 677. The second kappa shape index (κ2) is 6.28. The molecular weight excluding hydrogens is 296 g/mol. The smallest absolute Gasteiger partial charge is 0.270 e. The van der Waals surface area contributed by atoms with E-state index in [0.717, 1.165) is 11.3 Å². The van der Waals surface area contributed by atoms with Gasteiger partial charge in [0.15, 0.2) is 0 Å². The van der Waals surface area contributed by atoms with Crippen LogP contribution in [-0.2, 0) is 11.2 Å². The van der Waals surface area contributed by atoms with Crippen LogP contribution in [0.1, 0.15) is 27.5 Å². The predicted molar refractivity (Wildman–Crippen MR) is 83.0 cm³/mol. The van der Waals surface area contributed by atoms with Crippen molar-refractivity contribution < 1.29 is 14.1 Å². The van der Waals surface area contributed by atoms with Gasteiger partial charge in [-0.3, -0.25) is 9.59 Å². The van der Waals surface area contributed by atoms with E-state index < -0.39 is 0 Å². The van der Waals surface area contributed by atoms with Crippen molar-refractivity contribution in [3.05, 3.63) is 41.0 Å². The fourth-order valence-corrected chi connectivity index (χ4v) is 2.81. The topological polar surface area (TPSA) is 82.4 Å². The summed E-state index contributed by atoms with van der Waals surface area (Å²) in [4.78, 5) is 31.2. The SMILES string of the molecule is Cc1noc(C)c1CC(=O)N1CCN(C(=O)c2ccc[nH]2)CC1. The summed E-state index contributed by atoms with van der Waals surface area (Å²) >= 11 is 0. The Kier molecular flexibility index (Phi) is 4.18. The molecule has 3 heterocycles. The molecule has 0 saturated carbocycles. The minimum atomic E-state index is -0.0205. The number of rotatable bonds is 3. The number of H-pyrrole nitrogens is 1. The predicted octanol–water partition coefficient (Wildman–Crippen LogP) is 1.15. The van der Waals surface area contributed by atoms with E-state index in [1.807, 2.05) is 13.8 Å². The number of piperazine rings is 1. The molecule has 23 heavy (non-hydrogen) atoms. The third-order valence-corrected chi connectivity index (χ3v) is 4.26. The first-order valence-electron chi connectivity index (χ1n) is 7.68. The van der Waals surface area contributed by atoms with E-state index in [2.05, 4.69) is 10.1 Å². The molecule has 3 rings (SSSR count). The summed E-state index contributed by atoms with van der Waals surface area (Å²) in [6.45, 7) is 5.85. The van der Waals surface area contributed by atoms with E-state index in [-0.39, 0.29) is 11.8 Å². The van der Waals surface area contributed by atoms with Crippen LogP contribution in [0.25, 0.3) is 0 Å². The maximum absolute atomic E-state index is 12.4. The number of aryl methyl sites for hydroxylation is 2. The lowest BCUT2D eigenvalue weighted by atomic mass is 10.1. The molecule has 2 amide bonds. The van der Waals surface area contributed by atoms with Crippen molar-refractivity contribution in [1.82, 2.24) is 19.9 Å². The molecule has 0 radical (unpaired) electrons. The van der Waals surface area contributed by atoms with Crippen LogP contribution < -0.4 is 0 Å². The maximum atomic E-state index is 12.4. The van der Waals surface area contributed by atoms with E-state index in [1.54, 1.807) is 28.1 Å². The summed E-state index contributed by atoms with van der Waals surface area (Å²) in [5.41, 5.74) is 2.21. The van der Waals surface area contributed by atoms with Gasteiger partial charge in [-0.2, -0.15) is 0 Å². The highest BCUT2D eigenvalue weighted by molar-refractivity contribution is 5.92. The molecule has 0 atom stereocenters. The van der Waals surface area contributed by atoms with Gasteiger partial charge < -0.3 is 19.3 Å². The van der Waals surface area contributed by atoms with Crippen molar-refractivity contribution in [2.45, 2.75) is 20.3 Å². The number of hydrogen-bond donors (Lipinski definition) is 1. The molecule has 0 aromatic carbocycles. The number of aromatic nitrogens is 2. The van der Waals surface area contributed by atoms with Crippen LogP contribution in [0.5, 0.6) is 0 Å². The molecule has 1 N–H and O–H groups in total. The number of nitrogens with one attached hydrogen (secondary N) is 1. The van der Waals surface area contributed by atoms with E-state index in [0.29, 0.717) is 44.1 Å². The summed E-state index contributed by atoms with van der Waals surface area (Å²) in [6, 6.07) is 3.56. The average Bonchev–Trinajstić information content (AvgIpc) is 3.20. The van der Waals surface area contributed by atoms with Crippen molar-refractivity contribution in [2.24, 2.45) is 0 Å². The van der Waals surface area contributed by atoms with Gasteiger partial charge in [0, 0.05) is 37.9 Å². The summed E-state index contributed by atoms with van der Waals surface area (Å²) in [6.07, 6.45) is 2.03. The van der Waals surface area contributed by atoms with Crippen LogP contribution in [0.3, 0.4) is 0 Å². The molecule has 7 nitrogen and oxygen atoms in total. The van der Waals surface area contributed by atoms with Gasteiger partial charge in [0.1, 0.15) is 11.5 Å². The Hall–Kier alpha value is -2.57. The van der Waals surface area contributed by atoms with Gasteiger partial charge in [0.25, 0.3) is 5.91 Å². The fraction of sp³-hybridized carbons (Fsp3) is 0.438. The van der Waals surface area contributed by atoms with E-state index in [1.165, 1.54) is 0 Å². The third-order valence-electron chi connectivity index (χ3n) is 4.26. The zero-order chi connectivity index (χ0) is 16.4. The zero-order valence-electron chi connectivity index (χ0n) is 13.3. The Morgan fingerprint density at radius 3 is 2.48 bits per heavy atom. The lowest BCUT2D eigenvalue weighted by molar-refractivity contribution is -0.131. The highest BCUT2D eigenvalue weighted by Gasteiger charge is 2.26. The molecule has 1 fully saturated rings. The molecule has 0 bridgehead atoms. The van der Waals surface area contributed by atoms with Crippen LogP contribution in [0.2, 0.25) is 0 Å². The summed E-state index contributed by atoms with van der Waals surface area (Å²) < 4.78 is 5.10. The van der Waals surface area contributed by atoms with Crippen LogP contribution in [0, 0.1) is 13.8 Å². The van der Waals surface area contributed by atoms with Crippen molar-refractivity contribution in [3.8, 4) is 0 Å². The second-order valence-electron chi connectivity index (χ2n) is 5.74. The monoisotopic (exact) mass is 316 g/mol. The Morgan fingerprint density at radius 1 is 1.22 bits per heavy atom. The number of nitrogens with zero attached hydrogens (tertiary/aromatic N) is 3. The van der Waals surface area contributed by atoms with Gasteiger partial charge in [0.05, 0.1) is 12.1 Å². The van der Waals surface area contributed by atoms with Crippen molar-refractivity contribution in [2.75, 3.05) is 26.2 Å². The lowest BCUT2D eigenvalue weighted by Gasteiger charge is -2.34. The maximum Gasteiger partial charge on any atom is 0.270 e. The Morgan fingerprint density at radius 2 is 1.91 bits per heavy atom. The van der Waals surface area contributed by atoms with E-state index in [4.69, 9.17) is 4.52 Å². The molecule has 0 aliphatic carbocycles. The van der Waals surface area contributed by atoms with Crippen LogP contribution in [0.15, 0.2) is 22.9 Å². The molecule has 2 aromatic heterocycles.